The summed E-state index contributed by atoms with van der Waals surface area (Å²) in [6.45, 7) is 0. The highest BCUT2D eigenvalue weighted by molar-refractivity contribution is 4.87. The molecule has 64 valence electrons. The number of rotatable bonds is 1. The third kappa shape index (κ3) is 1.71. The van der Waals surface area contributed by atoms with Crippen molar-refractivity contribution in [3.05, 3.63) is 0 Å². The van der Waals surface area contributed by atoms with E-state index in [4.69, 9.17) is 0 Å². The van der Waals surface area contributed by atoms with Gasteiger partial charge in [0, 0.05) is 12.8 Å². The van der Waals surface area contributed by atoms with Gasteiger partial charge in [0.2, 0.25) is 5.92 Å². The summed E-state index contributed by atoms with van der Waals surface area (Å²) in [7, 11) is 0. The molecule has 0 nitrogen and oxygen atoms in total. The van der Waals surface area contributed by atoms with Crippen molar-refractivity contribution < 1.29 is 8.78 Å². The molecule has 0 atom stereocenters. The van der Waals surface area contributed by atoms with Crippen molar-refractivity contribution >= 4 is 0 Å². The van der Waals surface area contributed by atoms with Crippen molar-refractivity contribution in [1.29, 1.82) is 0 Å². The second-order valence-corrected chi connectivity index (χ2v) is 4.03. The quantitative estimate of drug-likeness (QED) is 0.552. The van der Waals surface area contributed by atoms with E-state index < -0.39 is 5.92 Å². The molecule has 0 spiro atoms. The second kappa shape index (κ2) is 2.43. The van der Waals surface area contributed by atoms with Crippen LogP contribution in [0.15, 0.2) is 0 Å². The van der Waals surface area contributed by atoms with Crippen molar-refractivity contribution in [2.24, 2.45) is 11.8 Å². The summed E-state index contributed by atoms with van der Waals surface area (Å²) in [4.78, 5) is 0. The monoisotopic (exact) mass is 160 g/mol. The normalized spacial score (nSPS) is 32.2. The summed E-state index contributed by atoms with van der Waals surface area (Å²) in [6.07, 6.45) is 4.45. The van der Waals surface area contributed by atoms with Crippen LogP contribution in [0.4, 0.5) is 8.78 Å². The lowest BCUT2D eigenvalue weighted by Gasteiger charge is -2.27. The molecular weight excluding hydrogens is 146 g/mol. The second-order valence-electron chi connectivity index (χ2n) is 4.03. The van der Waals surface area contributed by atoms with Crippen molar-refractivity contribution in [2.75, 3.05) is 0 Å². The molecule has 2 heteroatoms. The minimum Gasteiger partial charge on any atom is -0.207 e. The fourth-order valence-corrected chi connectivity index (χ4v) is 2.10. The molecule has 2 aliphatic rings. The zero-order valence-corrected chi connectivity index (χ0v) is 6.65. The molecule has 2 fully saturated rings. The SMILES string of the molecule is FC1(F)CCC(C2CC2)CC1. The van der Waals surface area contributed by atoms with Gasteiger partial charge in [0.15, 0.2) is 0 Å². The molecule has 0 N–H and O–H groups in total. The largest absolute Gasteiger partial charge is 0.248 e. The first-order valence-corrected chi connectivity index (χ1v) is 4.55. The van der Waals surface area contributed by atoms with E-state index in [0.717, 1.165) is 18.8 Å². The van der Waals surface area contributed by atoms with Crippen LogP contribution in [0.25, 0.3) is 0 Å². The van der Waals surface area contributed by atoms with E-state index in [1.165, 1.54) is 12.8 Å². The minimum atomic E-state index is -2.33. The van der Waals surface area contributed by atoms with E-state index >= 15 is 0 Å². The Labute approximate surface area is 66.0 Å². The van der Waals surface area contributed by atoms with Crippen LogP contribution in [0.1, 0.15) is 38.5 Å². The molecule has 0 aromatic carbocycles. The maximum absolute atomic E-state index is 12.7. The predicted octanol–water partition coefficient (Wildman–Crippen LogP) is 3.22. The van der Waals surface area contributed by atoms with Gasteiger partial charge in [-0.2, -0.15) is 0 Å². The Balaban J connectivity index is 1.84. The Hall–Kier alpha value is -0.140. The van der Waals surface area contributed by atoms with Gasteiger partial charge in [-0.25, -0.2) is 8.78 Å². The van der Waals surface area contributed by atoms with Crippen LogP contribution in [0.2, 0.25) is 0 Å². The first-order chi connectivity index (χ1) is 5.17. The first kappa shape index (κ1) is 7.51. The van der Waals surface area contributed by atoms with Gasteiger partial charge in [-0.15, -0.1) is 0 Å². The Morgan fingerprint density at radius 3 is 1.73 bits per heavy atom. The predicted molar refractivity (Wildman–Crippen MR) is 39.6 cm³/mol. The summed E-state index contributed by atoms with van der Waals surface area (Å²) < 4.78 is 25.3. The van der Waals surface area contributed by atoms with Crippen LogP contribution in [-0.2, 0) is 0 Å². The zero-order valence-electron chi connectivity index (χ0n) is 6.65. The van der Waals surface area contributed by atoms with E-state index in [1.807, 2.05) is 0 Å². The van der Waals surface area contributed by atoms with Gasteiger partial charge in [-0.05, 0) is 37.5 Å². The molecule has 2 aliphatic carbocycles. The van der Waals surface area contributed by atoms with Gasteiger partial charge in [0.1, 0.15) is 0 Å². The molecular formula is C9H14F2. The molecule has 11 heavy (non-hydrogen) atoms. The van der Waals surface area contributed by atoms with E-state index in [1.54, 1.807) is 0 Å². The van der Waals surface area contributed by atoms with Crippen molar-refractivity contribution in [3.63, 3.8) is 0 Å². The Kier molecular flexibility index (Phi) is 1.66. The number of alkyl halides is 2. The Bertz CT molecular complexity index is 140. The molecule has 0 heterocycles. The van der Waals surface area contributed by atoms with Crippen LogP contribution < -0.4 is 0 Å². The van der Waals surface area contributed by atoms with E-state index in [2.05, 4.69) is 0 Å². The van der Waals surface area contributed by atoms with Crippen molar-refractivity contribution in [3.8, 4) is 0 Å². The van der Waals surface area contributed by atoms with Gasteiger partial charge >= 0.3 is 0 Å². The maximum Gasteiger partial charge on any atom is 0.248 e. The third-order valence-corrected chi connectivity index (χ3v) is 3.05. The van der Waals surface area contributed by atoms with Crippen molar-refractivity contribution in [1.82, 2.24) is 0 Å². The fourth-order valence-electron chi connectivity index (χ4n) is 2.10. The van der Waals surface area contributed by atoms with E-state index in [9.17, 15) is 8.78 Å². The highest BCUT2D eigenvalue weighted by atomic mass is 19.3. The third-order valence-electron chi connectivity index (χ3n) is 3.05. The molecule has 0 aromatic rings. The molecule has 2 saturated carbocycles. The lowest BCUT2D eigenvalue weighted by Crippen LogP contribution is -2.25. The van der Waals surface area contributed by atoms with Crippen LogP contribution >= 0.6 is 0 Å². The highest BCUT2D eigenvalue weighted by Gasteiger charge is 2.40. The summed E-state index contributed by atoms with van der Waals surface area (Å²) in [5.41, 5.74) is 0. The Morgan fingerprint density at radius 1 is 0.818 bits per heavy atom. The molecule has 0 amide bonds. The lowest BCUT2D eigenvalue weighted by molar-refractivity contribution is -0.0479. The smallest absolute Gasteiger partial charge is 0.207 e. The molecule has 0 bridgehead atoms. The summed E-state index contributed by atoms with van der Waals surface area (Å²) in [5, 5.41) is 0. The summed E-state index contributed by atoms with van der Waals surface area (Å²) in [6, 6.07) is 0. The van der Waals surface area contributed by atoms with E-state index in [-0.39, 0.29) is 12.8 Å². The van der Waals surface area contributed by atoms with Crippen LogP contribution in [0.5, 0.6) is 0 Å². The summed E-state index contributed by atoms with van der Waals surface area (Å²) >= 11 is 0. The van der Waals surface area contributed by atoms with Gasteiger partial charge in [-0.1, -0.05) is 0 Å². The van der Waals surface area contributed by atoms with Crippen LogP contribution in [0, 0.1) is 11.8 Å². The number of hydrogen-bond acceptors (Lipinski definition) is 0. The Morgan fingerprint density at radius 2 is 1.27 bits per heavy atom. The summed E-state index contributed by atoms with van der Waals surface area (Å²) in [5.74, 6) is -0.855. The lowest BCUT2D eigenvalue weighted by atomic mass is 9.84. The minimum absolute atomic E-state index is 0.147. The zero-order chi connectivity index (χ0) is 7.90. The molecule has 0 radical (unpaired) electrons. The number of hydrogen-bond donors (Lipinski definition) is 0. The molecule has 2 rings (SSSR count). The van der Waals surface area contributed by atoms with Crippen LogP contribution in [-0.4, -0.2) is 5.92 Å². The first-order valence-electron chi connectivity index (χ1n) is 4.55. The van der Waals surface area contributed by atoms with Gasteiger partial charge in [0.25, 0.3) is 0 Å². The molecule has 0 aromatic heterocycles. The molecule has 0 saturated heterocycles. The standard InChI is InChI=1S/C9H14F2/c10-9(11)5-3-8(4-6-9)7-1-2-7/h7-8H,1-6H2. The van der Waals surface area contributed by atoms with Gasteiger partial charge in [0.05, 0.1) is 0 Å². The fraction of sp³-hybridized carbons (Fsp3) is 1.00. The maximum atomic E-state index is 12.7. The van der Waals surface area contributed by atoms with Gasteiger partial charge in [-0.3, -0.25) is 0 Å². The molecule has 0 aliphatic heterocycles. The van der Waals surface area contributed by atoms with Crippen LogP contribution in [0.3, 0.4) is 0 Å². The topological polar surface area (TPSA) is 0 Å². The molecule has 0 unspecified atom stereocenters. The number of halogens is 2. The van der Waals surface area contributed by atoms with E-state index in [0.29, 0.717) is 5.92 Å². The van der Waals surface area contributed by atoms with Gasteiger partial charge < -0.3 is 0 Å². The average Bonchev–Trinajstić information content (AvgIpc) is 2.70. The van der Waals surface area contributed by atoms with Crippen molar-refractivity contribution in [2.45, 2.75) is 44.4 Å². The highest BCUT2D eigenvalue weighted by Crippen LogP contribution is 2.47. The average molecular weight is 160 g/mol.